The molecule has 11 nitrogen and oxygen atoms in total. The number of morpholine rings is 1. The molecule has 1 atom stereocenters. The highest BCUT2D eigenvalue weighted by atomic mass is 35.5. The lowest BCUT2D eigenvalue weighted by Gasteiger charge is -2.29. The van der Waals surface area contributed by atoms with Gasteiger partial charge in [-0.25, -0.2) is 4.98 Å². The molecule has 5 rings (SSSR count). The van der Waals surface area contributed by atoms with E-state index in [0.29, 0.717) is 53.0 Å². The first-order chi connectivity index (χ1) is 19.9. The molecule has 0 spiro atoms. The van der Waals surface area contributed by atoms with Crippen LogP contribution in [0.3, 0.4) is 0 Å². The number of carbonyl (C=O) groups excluding carboxylic acids is 1. The molecule has 2 aliphatic heterocycles. The number of nitrogens with zero attached hydrogens (tertiary/aromatic N) is 5. The van der Waals surface area contributed by atoms with E-state index in [1.54, 1.807) is 14.2 Å². The van der Waals surface area contributed by atoms with Crippen LogP contribution in [0.2, 0.25) is 5.02 Å². The number of ether oxygens (including phenoxy) is 2. The van der Waals surface area contributed by atoms with Crippen molar-refractivity contribution in [1.82, 2.24) is 20.2 Å². The summed E-state index contributed by atoms with van der Waals surface area (Å²) in [5, 5.41) is 9.55. The van der Waals surface area contributed by atoms with Gasteiger partial charge in [0.25, 0.3) is 5.91 Å². The summed E-state index contributed by atoms with van der Waals surface area (Å²) < 4.78 is 11.1. The van der Waals surface area contributed by atoms with E-state index in [0.717, 1.165) is 49.7 Å². The number of amides is 1. The summed E-state index contributed by atoms with van der Waals surface area (Å²) in [7, 11) is 7.45. The molecule has 2 aromatic carbocycles. The molecule has 1 amide bonds. The summed E-state index contributed by atoms with van der Waals surface area (Å²) in [6.07, 6.45) is 2.60. The van der Waals surface area contributed by atoms with Crippen LogP contribution in [0.1, 0.15) is 16.8 Å². The molecule has 0 radical (unpaired) electrons. The fraction of sp³-hybridized carbons (Fsp3) is 0.414. The largest absolute Gasteiger partial charge is 0.494 e. The maximum Gasteiger partial charge on any atom is 0.253 e. The fourth-order valence-electron chi connectivity index (χ4n) is 5.12. The van der Waals surface area contributed by atoms with Crippen molar-refractivity contribution in [3.8, 4) is 5.75 Å². The molecular weight excluding hydrogens is 544 g/mol. The summed E-state index contributed by atoms with van der Waals surface area (Å²) in [4.78, 5) is 28.7. The number of nitrogens with one attached hydrogen (secondary N) is 3. The van der Waals surface area contributed by atoms with Crippen LogP contribution in [0.5, 0.6) is 5.75 Å². The van der Waals surface area contributed by atoms with E-state index in [-0.39, 0.29) is 5.91 Å². The summed E-state index contributed by atoms with van der Waals surface area (Å²) in [6.45, 7) is 4.92. The Morgan fingerprint density at radius 2 is 1.78 bits per heavy atom. The van der Waals surface area contributed by atoms with Crippen molar-refractivity contribution in [1.29, 1.82) is 0 Å². The van der Waals surface area contributed by atoms with Crippen molar-refractivity contribution in [2.45, 2.75) is 12.5 Å². The van der Waals surface area contributed by atoms with E-state index in [1.165, 1.54) is 6.20 Å². The molecule has 3 aromatic rings. The van der Waals surface area contributed by atoms with Crippen LogP contribution in [-0.2, 0) is 4.74 Å². The second-order valence-corrected chi connectivity index (χ2v) is 10.7. The Morgan fingerprint density at radius 1 is 1.05 bits per heavy atom. The van der Waals surface area contributed by atoms with Crippen LogP contribution in [-0.4, -0.2) is 94.5 Å². The first kappa shape index (κ1) is 28.7. The van der Waals surface area contributed by atoms with E-state index in [4.69, 9.17) is 21.1 Å². The number of rotatable bonds is 9. The van der Waals surface area contributed by atoms with Crippen molar-refractivity contribution in [2.24, 2.45) is 0 Å². The summed E-state index contributed by atoms with van der Waals surface area (Å²) in [6, 6.07) is 12.3. The zero-order valence-electron chi connectivity index (χ0n) is 23.9. The standard InChI is InChI=1S/C29H37ClN8O3/c1-31-28(39)22-15-19(38-10-9-21(18-38)36(2)3)5-7-24(22)33-27-23(30)17-32-29(35-27)34-25-8-6-20(16-26(25)40-4)37-11-13-41-14-12-37/h5-8,15-17,21H,9-14,18H2,1-4H3,(H,31,39)(H2,32,33,34,35). The molecule has 0 saturated carbocycles. The average molecular weight is 581 g/mol. The third kappa shape index (κ3) is 6.58. The topological polar surface area (TPSA) is 107 Å². The Bertz CT molecular complexity index is 1380. The van der Waals surface area contributed by atoms with E-state index >= 15 is 0 Å². The molecule has 0 bridgehead atoms. The Labute approximate surface area is 245 Å². The first-order valence-corrected chi connectivity index (χ1v) is 14.1. The third-order valence-corrected chi connectivity index (χ3v) is 7.82. The van der Waals surface area contributed by atoms with Gasteiger partial charge in [-0.15, -0.1) is 0 Å². The van der Waals surface area contributed by atoms with Gasteiger partial charge in [-0.1, -0.05) is 11.6 Å². The number of hydrogen-bond donors (Lipinski definition) is 3. The molecule has 3 N–H and O–H groups in total. The van der Waals surface area contributed by atoms with E-state index in [9.17, 15) is 4.79 Å². The van der Waals surface area contributed by atoms with E-state index in [1.807, 2.05) is 36.4 Å². The van der Waals surface area contributed by atoms with Crippen molar-refractivity contribution in [2.75, 3.05) is 88.1 Å². The molecule has 1 aromatic heterocycles. The maximum atomic E-state index is 12.9. The number of anilines is 6. The highest BCUT2D eigenvalue weighted by Gasteiger charge is 2.25. The molecule has 41 heavy (non-hydrogen) atoms. The predicted molar refractivity (Wildman–Crippen MR) is 164 cm³/mol. The zero-order chi connectivity index (χ0) is 28.9. The molecule has 0 aliphatic carbocycles. The smallest absolute Gasteiger partial charge is 0.253 e. The highest BCUT2D eigenvalue weighted by Crippen LogP contribution is 2.34. The second-order valence-electron chi connectivity index (χ2n) is 10.3. The quantitative estimate of drug-likeness (QED) is 0.344. The second kappa shape index (κ2) is 12.8. The van der Waals surface area contributed by atoms with Gasteiger partial charge in [-0.2, -0.15) is 4.98 Å². The third-order valence-electron chi connectivity index (χ3n) is 7.54. The van der Waals surface area contributed by atoms with Gasteiger partial charge in [-0.3, -0.25) is 4.79 Å². The minimum Gasteiger partial charge on any atom is -0.494 e. The van der Waals surface area contributed by atoms with Crippen LogP contribution in [0.15, 0.2) is 42.6 Å². The molecule has 12 heteroatoms. The SMILES string of the molecule is CNC(=O)c1cc(N2CCC(N(C)C)C2)ccc1Nc1nc(Nc2ccc(N3CCOCC3)cc2OC)ncc1Cl. The monoisotopic (exact) mass is 580 g/mol. The summed E-state index contributed by atoms with van der Waals surface area (Å²) in [5.74, 6) is 1.17. The maximum absolute atomic E-state index is 12.9. The Hall–Kier alpha value is -3.80. The number of aromatic nitrogens is 2. The number of likely N-dealkylation sites (N-methyl/N-ethyl adjacent to an activating group) is 1. The Morgan fingerprint density at radius 3 is 2.46 bits per heavy atom. The van der Waals surface area contributed by atoms with Gasteiger partial charge in [0, 0.05) is 56.7 Å². The number of carbonyl (C=O) groups is 1. The number of benzene rings is 2. The lowest BCUT2D eigenvalue weighted by molar-refractivity contribution is 0.0964. The average Bonchev–Trinajstić information content (AvgIpc) is 3.50. The van der Waals surface area contributed by atoms with Gasteiger partial charge in [0.2, 0.25) is 5.95 Å². The summed E-state index contributed by atoms with van der Waals surface area (Å²) in [5.41, 5.74) is 3.88. The highest BCUT2D eigenvalue weighted by molar-refractivity contribution is 6.33. The van der Waals surface area contributed by atoms with Crippen LogP contribution in [0.25, 0.3) is 0 Å². The van der Waals surface area contributed by atoms with Gasteiger partial charge in [0.15, 0.2) is 5.82 Å². The molecule has 2 aliphatic rings. The minimum absolute atomic E-state index is 0.202. The van der Waals surface area contributed by atoms with Crippen LogP contribution < -0.4 is 30.5 Å². The van der Waals surface area contributed by atoms with Crippen LogP contribution >= 0.6 is 11.6 Å². The lowest BCUT2D eigenvalue weighted by atomic mass is 10.1. The van der Waals surface area contributed by atoms with Gasteiger partial charge in [0.05, 0.1) is 43.5 Å². The Balaban J connectivity index is 1.37. The van der Waals surface area contributed by atoms with Crippen molar-refractivity contribution in [3.05, 3.63) is 53.2 Å². The van der Waals surface area contributed by atoms with Crippen molar-refractivity contribution in [3.63, 3.8) is 0 Å². The molecule has 3 heterocycles. The Kier molecular flexibility index (Phi) is 8.96. The predicted octanol–water partition coefficient (Wildman–Crippen LogP) is 3.96. The van der Waals surface area contributed by atoms with Crippen LogP contribution in [0.4, 0.5) is 34.5 Å². The number of halogens is 1. The number of hydrogen-bond acceptors (Lipinski definition) is 10. The molecular formula is C29H37ClN8O3. The fourth-order valence-corrected chi connectivity index (χ4v) is 5.26. The lowest BCUT2D eigenvalue weighted by Crippen LogP contribution is -2.36. The van der Waals surface area contributed by atoms with Crippen molar-refractivity contribution < 1.29 is 14.3 Å². The van der Waals surface area contributed by atoms with Gasteiger partial charge < -0.3 is 40.1 Å². The normalized spacial score (nSPS) is 17.1. The zero-order valence-corrected chi connectivity index (χ0v) is 24.7. The molecule has 2 fully saturated rings. The van der Waals surface area contributed by atoms with E-state index in [2.05, 4.69) is 54.7 Å². The number of methoxy groups -OCH3 is 1. The van der Waals surface area contributed by atoms with Crippen molar-refractivity contribution >= 4 is 52.0 Å². The van der Waals surface area contributed by atoms with Gasteiger partial charge in [-0.05, 0) is 50.8 Å². The minimum atomic E-state index is -0.202. The van der Waals surface area contributed by atoms with Gasteiger partial charge >= 0.3 is 0 Å². The molecule has 2 saturated heterocycles. The molecule has 1 unspecified atom stereocenters. The van der Waals surface area contributed by atoms with Crippen LogP contribution in [0, 0.1) is 0 Å². The van der Waals surface area contributed by atoms with E-state index < -0.39 is 0 Å². The van der Waals surface area contributed by atoms with Gasteiger partial charge in [0.1, 0.15) is 10.8 Å². The molecule has 218 valence electrons. The first-order valence-electron chi connectivity index (χ1n) is 13.7. The summed E-state index contributed by atoms with van der Waals surface area (Å²) >= 11 is 6.49.